The fourth-order valence-electron chi connectivity index (χ4n) is 2.48. The average molecular weight is 428 g/mol. The van der Waals surface area contributed by atoms with Crippen LogP contribution in [0, 0.1) is 0 Å². The van der Waals surface area contributed by atoms with Gasteiger partial charge in [-0.3, -0.25) is 14.2 Å². The van der Waals surface area contributed by atoms with E-state index in [0.717, 1.165) is 15.8 Å². The van der Waals surface area contributed by atoms with Crippen LogP contribution in [0.15, 0.2) is 70.2 Å². The first-order chi connectivity index (χ1) is 13.0. The summed E-state index contributed by atoms with van der Waals surface area (Å²) in [7, 11) is 0. The summed E-state index contributed by atoms with van der Waals surface area (Å²) < 4.78 is 7.60. The SMILES string of the molecule is CCOc1ccc(-c2cc(=O)n(CC(=O)Nc3ccc(Br)cc3)cn2)cc1. The van der Waals surface area contributed by atoms with E-state index >= 15 is 0 Å². The summed E-state index contributed by atoms with van der Waals surface area (Å²) in [6.07, 6.45) is 1.38. The first kappa shape index (κ1) is 18.8. The largest absolute Gasteiger partial charge is 0.494 e. The van der Waals surface area contributed by atoms with E-state index in [1.54, 1.807) is 12.1 Å². The standard InChI is InChI=1S/C20H18BrN3O3/c1-2-27-17-9-3-14(4-10-17)18-11-20(26)24(13-22-18)12-19(25)23-16-7-5-15(21)6-8-16/h3-11,13H,2,12H2,1H3,(H,23,25). The first-order valence-electron chi connectivity index (χ1n) is 8.40. The topological polar surface area (TPSA) is 73.2 Å². The molecule has 3 aromatic rings. The van der Waals surface area contributed by atoms with Gasteiger partial charge in [0, 0.05) is 21.8 Å². The monoisotopic (exact) mass is 427 g/mol. The lowest BCUT2D eigenvalue weighted by Gasteiger charge is -2.08. The Kier molecular flexibility index (Phi) is 6.03. The van der Waals surface area contributed by atoms with Crippen LogP contribution in [0.2, 0.25) is 0 Å². The second-order valence-electron chi connectivity index (χ2n) is 5.75. The third kappa shape index (κ3) is 5.04. The molecule has 2 aromatic carbocycles. The Morgan fingerprint density at radius 2 is 1.85 bits per heavy atom. The van der Waals surface area contributed by atoms with E-state index in [1.807, 2.05) is 43.3 Å². The lowest BCUT2D eigenvalue weighted by molar-refractivity contribution is -0.116. The van der Waals surface area contributed by atoms with Crippen molar-refractivity contribution in [2.24, 2.45) is 0 Å². The maximum absolute atomic E-state index is 12.3. The maximum Gasteiger partial charge on any atom is 0.254 e. The minimum atomic E-state index is -0.296. The smallest absolute Gasteiger partial charge is 0.254 e. The van der Waals surface area contributed by atoms with Crippen LogP contribution < -0.4 is 15.6 Å². The van der Waals surface area contributed by atoms with Crippen LogP contribution in [0.1, 0.15) is 6.92 Å². The molecule has 0 aliphatic carbocycles. The van der Waals surface area contributed by atoms with Crippen LogP contribution in [-0.4, -0.2) is 22.1 Å². The van der Waals surface area contributed by atoms with Gasteiger partial charge in [0.1, 0.15) is 12.3 Å². The van der Waals surface area contributed by atoms with Gasteiger partial charge in [-0.2, -0.15) is 0 Å². The molecule has 1 heterocycles. The van der Waals surface area contributed by atoms with Gasteiger partial charge >= 0.3 is 0 Å². The molecule has 0 unspecified atom stereocenters. The molecule has 1 amide bonds. The highest BCUT2D eigenvalue weighted by Crippen LogP contribution is 2.19. The third-order valence-electron chi connectivity index (χ3n) is 3.78. The van der Waals surface area contributed by atoms with Crippen molar-refractivity contribution in [2.45, 2.75) is 13.5 Å². The Morgan fingerprint density at radius 1 is 1.15 bits per heavy atom. The highest BCUT2D eigenvalue weighted by Gasteiger charge is 2.08. The van der Waals surface area contributed by atoms with Crippen molar-refractivity contribution < 1.29 is 9.53 Å². The molecule has 6 nitrogen and oxygen atoms in total. The van der Waals surface area contributed by atoms with Crippen LogP contribution in [0.3, 0.4) is 0 Å². The summed E-state index contributed by atoms with van der Waals surface area (Å²) in [6.45, 7) is 2.41. The molecular formula is C20H18BrN3O3. The molecule has 0 saturated carbocycles. The van der Waals surface area contributed by atoms with Crippen molar-refractivity contribution in [2.75, 3.05) is 11.9 Å². The summed E-state index contributed by atoms with van der Waals surface area (Å²) in [6, 6.07) is 16.0. The van der Waals surface area contributed by atoms with Gasteiger partial charge in [0.25, 0.3) is 5.56 Å². The molecule has 138 valence electrons. The van der Waals surface area contributed by atoms with E-state index in [4.69, 9.17) is 4.74 Å². The fraction of sp³-hybridized carbons (Fsp3) is 0.150. The van der Waals surface area contributed by atoms with E-state index in [-0.39, 0.29) is 18.0 Å². The van der Waals surface area contributed by atoms with Gasteiger partial charge in [0.2, 0.25) is 5.91 Å². The van der Waals surface area contributed by atoms with Crippen molar-refractivity contribution in [1.82, 2.24) is 9.55 Å². The van der Waals surface area contributed by atoms with E-state index in [9.17, 15) is 9.59 Å². The average Bonchev–Trinajstić information content (AvgIpc) is 2.66. The van der Waals surface area contributed by atoms with Gasteiger partial charge < -0.3 is 10.1 Å². The predicted octanol–water partition coefficient (Wildman–Crippen LogP) is 3.71. The Bertz CT molecular complexity index is 983. The molecule has 0 aliphatic heterocycles. The predicted molar refractivity (Wildman–Crippen MR) is 108 cm³/mol. The lowest BCUT2D eigenvalue weighted by Crippen LogP contribution is -2.27. The molecule has 1 N–H and O–H groups in total. The van der Waals surface area contributed by atoms with Crippen LogP contribution in [-0.2, 0) is 11.3 Å². The molecule has 0 radical (unpaired) electrons. The maximum atomic E-state index is 12.3. The van der Waals surface area contributed by atoms with Gasteiger partial charge in [-0.1, -0.05) is 15.9 Å². The summed E-state index contributed by atoms with van der Waals surface area (Å²) in [5.74, 6) is 0.467. The lowest BCUT2D eigenvalue weighted by atomic mass is 10.1. The summed E-state index contributed by atoms with van der Waals surface area (Å²) in [5.41, 5.74) is 1.73. The number of carbonyl (C=O) groups excluding carboxylic acids is 1. The fourth-order valence-corrected chi connectivity index (χ4v) is 2.74. The summed E-state index contributed by atoms with van der Waals surface area (Å²) in [5, 5.41) is 2.75. The Balaban J connectivity index is 1.69. The van der Waals surface area contributed by atoms with Crippen LogP contribution in [0.25, 0.3) is 11.3 Å². The number of nitrogens with one attached hydrogen (secondary N) is 1. The van der Waals surface area contributed by atoms with Crippen molar-refractivity contribution in [1.29, 1.82) is 0 Å². The third-order valence-corrected chi connectivity index (χ3v) is 4.31. The van der Waals surface area contributed by atoms with Crippen molar-refractivity contribution in [3.63, 3.8) is 0 Å². The molecule has 0 atom stereocenters. The second-order valence-corrected chi connectivity index (χ2v) is 6.67. The summed E-state index contributed by atoms with van der Waals surface area (Å²) >= 11 is 3.34. The number of rotatable bonds is 6. The minimum Gasteiger partial charge on any atom is -0.494 e. The Labute approximate surface area is 165 Å². The van der Waals surface area contributed by atoms with Gasteiger partial charge in [0.15, 0.2) is 0 Å². The molecular weight excluding hydrogens is 410 g/mol. The normalized spacial score (nSPS) is 10.4. The zero-order valence-electron chi connectivity index (χ0n) is 14.7. The number of ether oxygens (including phenoxy) is 1. The molecule has 3 rings (SSSR count). The molecule has 0 spiro atoms. The number of anilines is 1. The number of aromatic nitrogens is 2. The number of carbonyl (C=O) groups is 1. The van der Waals surface area contributed by atoms with Crippen LogP contribution in [0.5, 0.6) is 5.75 Å². The quantitative estimate of drug-likeness (QED) is 0.650. The second kappa shape index (κ2) is 8.64. The van der Waals surface area contributed by atoms with Crippen molar-refractivity contribution >= 4 is 27.5 Å². The Hall–Kier alpha value is -2.93. The number of amides is 1. The highest BCUT2D eigenvalue weighted by molar-refractivity contribution is 9.10. The molecule has 0 saturated heterocycles. The zero-order chi connectivity index (χ0) is 19.2. The number of hydrogen-bond donors (Lipinski definition) is 1. The van der Waals surface area contributed by atoms with Crippen LogP contribution >= 0.6 is 15.9 Å². The van der Waals surface area contributed by atoms with Gasteiger partial charge in [-0.15, -0.1) is 0 Å². The van der Waals surface area contributed by atoms with Gasteiger partial charge in [0.05, 0.1) is 18.6 Å². The van der Waals surface area contributed by atoms with E-state index in [2.05, 4.69) is 26.2 Å². The molecule has 0 fully saturated rings. The molecule has 1 aromatic heterocycles. The first-order valence-corrected chi connectivity index (χ1v) is 9.19. The van der Waals surface area contributed by atoms with Crippen molar-refractivity contribution in [3.05, 3.63) is 75.8 Å². The molecule has 0 bridgehead atoms. The number of benzene rings is 2. The van der Waals surface area contributed by atoms with Crippen molar-refractivity contribution in [3.8, 4) is 17.0 Å². The Morgan fingerprint density at radius 3 is 2.48 bits per heavy atom. The number of nitrogens with zero attached hydrogens (tertiary/aromatic N) is 2. The summed E-state index contributed by atoms with van der Waals surface area (Å²) in [4.78, 5) is 28.8. The number of hydrogen-bond acceptors (Lipinski definition) is 4. The zero-order valence-corrected chi connectivity index (χ0v) is 16.3. The minimum absolute atomic E-state index is 0.106. The molecule has 27 heavy (non-hydrogen) atoms. The van der Waals surface area contributed by atoms with E-state index < -0.39 is 0 Å². The van der Waals surface area contributed by atoms with Gasteiger partial charge in [-0.05, 0) is 55.5 Å². The molecule has 0 aliphatic rings. The molecule has 7 heteroatoms. The van der Waals surface area contributed by atoms with E-state index in [0.29, 0.717) is 18.0 Å². The van der Waals surface area contributed by atoms with Crippen LogP contribution in [0.4, 0.5) is 5.69 Å². The van der Waals surface area contributed by atoms with E-state index in [1.165, 1.54) is 17.0 Å². The highest BCUT2D eigenvalue weighted by atomic mass is 79.9. The number of halogens is 1. The van der Waals surface area contributed by atoms with Gasteiger partial charge in [-0.25, -0.2) is 4.98 Å².